The minimum atomic E-state index is 0.447. The van der Waals surface area contributed by atoms with Gasteiger partial charge in [-0.05, 0) is 12.8 Å². The van der Waals surface area contributed by atoms with E-state index >= 15 is 0 Å². The maximum Gasteiger partial charge on any atom is 0.0693 e. The van der Waals surface area contributed by atoms with Crippen molar-refractivity contribution in [3.8, 4) is 0 Å². The highest BCUT2D eigenvalue weighted by atomic mass is 15.4. The van der Waals surface area contributed by atoms with Crippen molar-refractivity contribution in [2.24, 2.45) is 5.92 Å². The predicted octanol–water partition coefficient (Wildman–Crippen LogP) is 1.50. The van der Waals surface area contributed by atoms with Crippen molar-refractivity contribution < 1.29 is 0 Å². The van der Waals surface area contributed by atoms with Crippen LogP contribution in [-0.4, -0.2) is 15.0 Å². The fourth-order valence-electron chi connectivity index (χ4n) is 0.740. The highest BCUT2D eigenvalue weighted by Crippen LogP contribution is 2.13. The van der Waals surface area contributed by atoms with Crippen molar-refractivity contribution in [1.82, 2.24) is 15.0 Å². The van der Waals surface area contributed by atoms with Gasteiger partial charge in [0.25, 0.3) is 0 Å². The molecule has 0 aliphatic carbocycles. The lowest BCUT2D eigenvalue weighted by molar-refractivity contribution is 0.368. The number of hydrogen-bond acceptors (Lipinski definition) is 2. The molecule has 1 aromatic heterocycles. The fourth-order valence-corrected chi connectivity index (χ4v) is 0.740. The first kappa shape index (κ1) is 7.25. The monoisotopic (exact) mass is 139 g/mol. The van der Waals surface area contributed by atoms with Crippen LogP contribution >= 0.6 is 0 Å². The molecule has 56 valence electrons. The third-order valence-corrected chi connectivity index (χ3v) is 1.82. The molecule has 0 aromatic carbocycles. The molecule has 0 spiro atoms. The molecule has 1 unspecified atom stereocenters. The Kier molecular flexibility index (Phi) is 2.04. The second kappa shape index (κ2) is 2.82. The molecule has 0 aliphatic rings. The predicted molar refractivity (Wildman–Crippen MR) is 39.6 cm³/mol. The van der Waals surface area contributed by atoms with Crippen molar-refractivity contribution in [3.05, 3.63) is 12.4 Å². The topological polar surface area (TPSA) is 30.7 Å². The van der Waals surface area contributed by atoms with Gasteiger partial charge in [0.15, 0.2) is 0 Å². The van der Waals surface area contributed by atoms with Crippen LogP contribution in [0.3, 0.4) is 0 Å². The Morgan fingerprint density at radius 1 is 1.30 bits per heavy atom. The van der Waals surface area contributed by atoms with Gasteiger partial charge in [0.05, 0.1) is 12.2 Å². The van der Waals surface area contributed by atoms with Crippen molar-refractivity contribution in [1.29, 1.82) is 0 Å². The summed E-state index contributed by atoms with van der Waals surface area (Å²) >= 11 is 0. The van der Waals surface area contributed by atoms with Gasteiger partial charge in [-0.25, -0.2) is 4.68 Å². The summed E-state index contributed by atoms with van der Waals surface area (Å²) in [5.41, 5.74) is 0. The van der Waals surface area contributed by atoms with Crippen molar-refractivity contribution in [3.63, 3.8) is 0 Å². The Hall–Kier alpha value is -0.860. The molecule has 0 aliphatic heterocycles. The molecule has 0 saturated heterocycles. The lowest BCUT2D eigenvalue weighted by Crippen LogP contribution is -2.11. The minimum absolute atomic E-state index is 0.447. The van der Waals surface area contributed by atoms with Crippen LogP contribution in [0, 0.1) is 5.92 Å². The van der Waals surface area contributed by atoms with Crippen molar-refractivity contribution in [2.45, 2.75) is 26.8 Å². The lowest BCUT2D eigenvalue weighted by atomic mass is 10.1. The summed E-state index contributed by atoms with van der Waals surface area (Å²) in [7, 11) is 0. The van der Waals surface area contributed by atoms with Crippen molar-refractivity contribution >= 4 is 0 Å². The second-order valence-electron chi connectivity index (χ2n) is 2.87. The Labute approximate surface area is 61.1 Å². The second-order valence-corrected chi connectivity index (χ2v) is 2.87. The van der Waals surface area contributed by atoms with E-state index in [4.69, 9.17) is 0 Å². The Morgan fingerprint density at radius 3 is 2.40 bits per heavy atom. The first-order valence-corrected chi connectivity index (χ1v) is 3.57. The first-order valence-electron chi connectivity index (χ1n) is 3.57. The number of aromatic nitrogens is 3. The van der Waals surface area contributed by atoms with Gasteiger partial charge in [0, 0.05) is 6.20 Å². The molecule has 0 saturated carbocycles. The van der Waals surface area contributed by atoms with E-state index in [1.807, 2.05) is 10.9 Å². The summed E-state index contributed by atoms with van der Waals surface area (Å²) in [6.07, 6.45) is 3.60. The van der Waals surface area contributed by atoms with E-state index < -0.39 is 0 Å². The van der Waals surface area contributed by atoms with Gasteiger partial charge in [0.2, 0.25) is 0 Å². The van der Waals surface area contributed by atoms with E-state index in [0.29, 0.717) is 12.0 Å². The van der Waals surface area contributed by atoms with E-state index in [9.17, 15) is 0 Å². The standard InChI is InChI=1S/C7H13N3/c1-6(2)7(3)10-5-4-8-9-10/h4-7H,1-3H3. The van der Waals surface area contributed by atoms with E-state index in [2.05, 4.69) is 31.1 Å². The van der Waals surface area contributed by atoms with Gasteiger partial charge in [0.1, 0.15) is 0 Å². The van der Waals surface area contributed by atoms with E-state index in [0.717, 1.165) is 0 Å². The number of hydrogen-bond donors (Lipinski definition) is 0. The van der Waals surface area contributed by atoms with Gasteiger partial charge in [-0.2, -0.15) is 0 Å². The molecule has 1 atom stereocenters. The maximum absolute atomic E-state index is 3.90. The molecule has 3 heteroatoms. The van der Waals surface area contributed by atoms with E-state index in [-0.39, 0.29) is 0 Å². The fraction of sp³-hybridized carbons (Fsp3) is 0.714. The van der Waals surface area contributed by atoms with Gasteiger partial charge < -0.3 is 0 Å². The Bertz CT molecular complexity index is 179. The van der Waals surface area contributed by atoms with E-state index in [1.165, 1.54) is 0 Å². The summed E-state index contributed by atoms with van der Waals surface area (Å²) in [5.74, 6) is 0.613. The summed E-state index contributed by atoms with van der Waals surface area (Å²) in [6.45, 7) is 6.48. The lowest BCUT2D eigenvalue weighted by Gasteiger charge is -2.14. The number of rotatable bonds is 2. The summed E-state index contributed by atoms with van der Waals surface area (Å²) in [6, 6.07) is 0.447. The molecular formula is C7H13N3. The molecule has 0 radical (unpaired) electrons. The summed E-state index contributed by atoms with van der Waals surface area (Å²) in [5, 5.41) is 7.64. The third-order valence-electron chi connectivity index (χ3n) is 1.82. The first-order chi connectivity index (χ1) is 4.72. The highest BCUT2D eigenvalue weighted by molar-refractivity contribution is 4.71. The quantitative estimate of drug-likeness (QED) is 0.621. The molecular weight excluding hydrogens is 126 g/mol. The van der Waals surface area contributed by atoms with Crippen LogP contribution < -0.4 is 0 Å². The van der Waals surface area contributed by atoms with Crippen LogP contribution in [0.5, 0.6) is 0 Å². The van der Waals surface area contributed by atoms with Gasteiger partial charge >= 0.3 is 0 Å². The normalized spacial score (nSPS) is 14.0. The zero-order chi connectivity index (χ0) is 7.56. The molecule has 1 rings (SSSR count). The molecule has 0 bridgehead atoms. The molecule has 1 aromatic rings. The summed E-state index contributed by atoms with van der Waals surface area (Å²) in [4.78, 5) is 0. The largest absolute Gasteiger partial charge is 0.250 e. The number of nitrogens with zero attached hydrogens (tertiary/aromatic N) is 3. The Balaban J connectivity index is 2.68. The molecule has 0 amide bonds. The van der Waals surface area contributed by atoms with Crippen LogP contribution in [-0.2, 0) is 0 Å². The van der Waals surface area contributed by atoms with Gasteiger partial charge in [-0.15, -0.1) is 5.10 Å². The maximum atomic E-state index is 3.90. The van der Waals surface area contributed by atoms with Gasteiger partial charge in [-0.3, -0.25) is 0 Å². The van der Waals surface area contributed by atoms with Crippen molar-refractivity contribution in [2.75, 3.05) is 0 Å². The molecule has 0 N–H and O–H groups in total. The minimum Gasteiger partial charge on any atom is -0.250 e. The third kappa shape index (κ3) is 1.35. The average Bonchev–Trinajstić information content (AvgIpc) is 2.36. The van der Waals surface area contributed by atoms with Crippen LogP contribution in [0.25, 0.3) is 0 Å². The zero-order valence-electron chi connectivity index (χ0n) is 6.65. The van der Waals surface area contributed by atoms with E-state index in [1.54, 1.807) is 6.20 Å². The highest BCUT2D eigenvalue weighted by Gasteiger charge is 2.08. The van der Waals surface area contributed by atoms with Crippen LogP contribution in [0.4, 0.5) is 0 Å². The molecule has 1 heterocycles. The SMILES string of the molecule is CC(C)C(C)n1ccnn1. The molecule has 0 fully saturated rings. The van der Waals surface area contributed by atoms with Crippen LogP contribution in [0.1, 0.15) is 26.8 Å². The molecule has 3 nitrogen and oxygen atoms in total. The van der Waals surface area contributed by atoms with Crippen LogP contribution in [0.2, 0.25) is 0 Å². The molecule has 10 heavy (non-hydrogen) atoms. The average molecular weight is 139 g/mol. The van der Waals surface area contributed by atoms with Crippen LogP contribution in [0.15, 0.2) is 12.4 Å². The summed E-state index contributed by atoms with van der Waals surface area (Å²) < 4.78 is 1.88. The van der Waals surface area contributed by atoms with Gasteiger partial charge in [-0.1, -0.05) is 19.1 Å². The Morgan fingerprint density at radius 2 is 2.00 bits per heavy atom. The zero-order valence-corrected chi connectivity index (χ0v) is 6.65. The smallest absolute Gasteiger partial charge is 0.0693 e.